The Bertz CT molecular complexity index is 1460. The van der Waals surface area contributed by atoms with Crippen molar-refractivity contribution in [1.29, 1.82) is 0 Å². The average molecular weight is 531 g/mol. The molecule has 10 nitrogen and oxygen atoms in total. The summed E-state index contributed by atoms with van der Waals surface area (Å²) in [7, 11) is 0. The van der Waals surface area contributed by atoms with Crippen molar-refractivity contribution in [3.63, 3.8) is 0 Å². The lowest BCUT2D eigenvalue weighted by atomic mass is 10.2. The van der Waals surface area contributed by atoms with Crippen molar-refractivity contribution in [3.8, 4) is 23.0 Å². The molecule has 4 rings (SSSR count). The van der Waals surface area contributed by atoms with Crippen LogP contribution in [0.4, 0.5) is 5.69 Å². The first-order valence-electron chi connectivity index (χ1n) is 12.3. The molecule has 1 heterocycles. The van der Waals surface area contributed by atoms with Crippen LogP contribution in [0.5, 0.6) is 11.5 Å². The highest BCUT2D eigenvalue weighted by molar-refractivity contribution is 5.91. The zero-order valence-electron chi connectivity index (χ0n) is 21.0. The van der Waals surface area contributed by atoms with Crippen LogP contribution < -0.4 is 9.47 Å². The Morgan fingerprint density at radius 2 is 1.62 bits per heavy atom. The van der Waals surface area contributed by atoms with Crippen molar-refractivity contribution in [1.82, 2.24) is 4.98 Å². The summed E-state index contributed by atoms with van der Waals surface area (Å²) in [5, 5.41) is 11.0. The molecule has 0 aliphatic carbocycles. The molecule has 0 unspecified atom stereocenters. The molecule has 0 amide bonds. The SMILES string of the molecule is C=CC(=O)OCCCCCCOc1ccc(C(=O)Oc2ccc(-c3nc4ccc([N+](=O)[O-])cc4o3)cc2)cc1. The molecule has 0 atom stereocenters. The Kier molecular flexibility index (Phi) is 9.02. The molecule has 0 saturated heterocycles. The number of hydrogen-bond acceptors (Lipinski definition) is 9. The lowest BCUT2D eigenvalue weighted by molar-refractivity contribution is -0.384. The third kappa shape index (κ3) is 7.51. The monoisotopic (exact) mass is 530 g/mol. The third-order valence-corrected chi connectivity index (χ3v) is 5.70. The van der Waals surface area contributed by atoms with Crippen molar-refractivity contribution < 1.29 is 33.1 Å². The van der Waals surface area contributed by atoms with Crippen molar-refractivity contribution in [3.05, 3.63) is 95.1 Å². The van der Waals surface area contributed by atoms with Gasteiger partial charge in [0.1, 0.15) is 17.0 Å². The van der Waals surface area contributed by atoms with Gasteiger partial charge in [0, 0.05) is 17.7 Å². The summed E-state index contributed by atoms with van der Waals surface area (Å²) < 4.78 is 21.8. The molecule has 0 spiro atoms. The number of aromatic nitrogens is 1. The van der Waals surface area contributed by atoms with E-state index in [4.69, 9.17) is 18.6 Å². The zero-order chi connectivity index (χ0) is 27.6. The predicted molar refractivity (Wildman–Crippen MR) is 143 cm³/mol. The lowest BCUT2D eigenvalue weighted by Gasteiger charge is -2.08. The van der Waals surface area contributed by atoms with Gasteiger partial charge < -0.3 is 18.6 Å². The number of benzene rings is 3. The van der Waals surface area contributed by atoms with Crippen LogP contribution in [0.25, 0.3) is 22.6 Å². The Labute approximate surface area is 224 Å². The molecular weight excluding hydrogens is 504 g/mol. The smallest absolute Gasteiger partial charge is 0.343 e. The van der Waals surface area contributed by atoms with E-state index in [1.165, 1.54) is 18.2 Å². The van der Waals surface area contributed by atoms with Crippen LogP contribution >= 0.6 is 0 Å². The summed E-state index contributed by atoms with van der Waals surface area (Å²) in [5.41, 5.74) is 1.74. The molecule has 39 heavy (non-hydrogen) atoms. The largest absolute Gasteiger partial charge is 0.494 e. The van der Waals surface area contributed by atoms with E-state index in [9.17, 15) is 19.7 Å². The van der Waals surface area contributed by atoms with Crippen LogP contribution in [0, 0.1) is 10.1 Å². The topological polar surface area (TPSA) is 131 Å². The van der Waals surface area contributed by atoms with Gasteiger partial charge in [0.25, 0.3) is 5.69 Å². The van der Waals surface area contributed by atoms with Gasteiger partial charge in [0.05, 0.1) is 29.8 Å². The standard InChI is InChI=1S/C29H26N2O8/c1-2-27(32)37-18-6-4-3-5-17-36-23-12-9-21(10-13-23)29(33)38-24-14-7-20(8-15-24)28-30-25-16-11-22(31(34)35)19-26(25)39-28/h2,7-16,19H,1,3-6,17-18H2. The maximum atomic E-state index is 12.5. The van der Waals surface area contributed by atoms with Crippen LogP contribution in [0.15, 0.2) is 83.8 Å². The maximum Gasteiger partial charge on any atom is 0.343 e. The molecule has 0 N–H and O–H groups in total. The summed E-state index contributed by atoms with van der Waals surface area (Å²) in [6, 6.07) is 17.5. The predicted octanol–water partition coefficient (Wildman–Crippen LogP) is 6.29. The number of nitro groups is 1. The molecule has 200 valence electrons. The summed E-state index contributed by atoms with van der Waals surface area (Å²) in [5.74, 6) is 0.376. The van der Waals surface area contributed by atoms with Gasteiger partial charge in [-0.15, -0.1) is 0 Å². The first-order valence-corrected chi connectivity index (χ1v) is 12.3. The van der Waals surface area contributed by atoms with Gasteiger partial charge in [-0.05, 0) is 80.3 Å². The van der Waals surface area contributed by atoms with Crippen molar-refractivity contribution in [2.75, 3.05) is 13.2 Å². The van der Waals surface area contributed by atoms with Crippen molar-refractivity contribution >= 4 is 28.7 Å². The van der Waals surface area contributed by atoms with Crippen molar-refractivity contribution in [2.45, 2.75) is 25.7 Å². The number of hydrogen-bond donors (Lipinski definition) is 0. The molecule has 0 saturated carbocycles. The highest BCUT2D eigenvalue weighted by Gasteiger charge is 2.14. The first-order chi connectivity index (χ1) is 18.9. The Balaban J connectivity index is 1.23. The number of carbonyl (C=O) groups excluding carboxylic acids is 2. The fourth-order valence-corrected chi connectivity index (χ4v) is 3.65. The molecule has 3 aromatic carbocycles. The summed E-state index contributed by atoms with van der Waals surface area (Å²) in [6.45, 7) is 4.28. The number of oxazole rings is 1. The quantitative estimate of drug-likeness (QED) is 0.0488. The van der Waals surface area contributed by atoms with Gasteiger partial charge in [-0.25, -0.2) is 14.6 Å². The number of nitro benzene ring substituents is 1. The third-order valence-electron chi connectivity index (χ3n) is 5.70. The number of non-ortho nitro benzene ring substituents is 1. The minimum atomic E-state index is -0.513. The van der Waals surface area contributed by atoms with Crippen LogP contribution in [-0.4, -0.2) is 35.1 Å². The Hall–Kier alpha value is -4.99. The van der Waals surface area contributed by atoms with Crippen LogP contribution in [-0.2, 0) is 9.53 Å². The minimum Gasteiger partial charge on any atom is -0.494 e. The van der Waals surface area contributed by atoms with E-state index < -0.39 is 16.9 Å². The lowest BCUT2D eigenvalue weighted by Crippen LogP contribution is -2.08. The molecule has 4 aromatic rings. The highest BCUT2D eigenvalue weighted by Crippen LogP contribution is 2.28. The van der Waals surface area contributed by atoms with E-state index in [2.05, 4.69) is 11.6 Å². The minimum absolute atomic E-state index is 0.0792. The maximum absolute atomic E-state index is 12.5. The van der Waals surface area contributed by atoms with Gasteiger partial charge >= 0.3 is 11.9 Å². The number of ether oxygens (including phenoxy) is 3. The van der Waals surface area contributed by atoms with E-state index >= 15 is 0 Å². The summed E-state index contributed by atoms with van der Waals surface area (Å²) in [6.07, 6.45) is 4.68. The van der Waals surface area contributed by atoms with Gasteiger partial charge in [0.2, 0.25) is 5.89 Å². The molecule has 0 aliphatic rings. The number of esters is 2. The second kappa shape index (κ2) is 13.0. The Morgan fingerprint density at radius 3 is 2.31 bits per heavy atom. The van der Waals surface area contributed by atoms with E-state index in [1.807, 2.05) is 0 Å². The number of rotatable bonds is 13. The molecule has 0 aliphatic heterocycles. The summed E-state index contributed by atoms with van der Waals surface area (Å²) in [4.78, 5) is 38.3. The molecule has 10 heteroatoms. The van der Waals surface area contributed by atoms with Gasteiger partial charge in [-0.3, -0.25) is 10.1 Å². The fourth-order valence-electron chi connectivity index (χ4n) is 3.65. The van der Waals surface area contributed by atoms with Gasteiger partial charge in [-0.1, -0.05) is 6.58 Å². The second-order valence-corrected chi connectivity index (χ2v) is 8.50. The molecular formula is C29H26N2O8. The zero-order valence-corrected chi connectivity index (χ0v) is 21.0. The van der Waals surface area contributed by atoms with Crippen LogP contribution in [0.3, 0.4) is 0 Å². The molecule has 0 bridgehead atoms. The second-order valence-electron chi connectivity index (χ2n) is 8.50. The van der Waals surface area contributed by atoms with Gasteiger partial charge in [-0.2, -0.15) is 0 Å². The number of carbonyl (C=O) groups is 2. The molecule has 1 aromatic heterocycles. The highest BCUT2D eigenvalue weighted by atomic mass is 16.6. The van der Waals surface area contributed by atoms with Gasteiger partial charge in [0.15, 0.2) is 5.58 Å². The van der Waals surface area contributed by atoms with E-state index in [-0.39, 0.29) is 5.69 Å². The van der Waals surface area contributed by atoms with Crippen LogP contribution in [0.1, 0.15) is 36.0 Å². The normalized spacial score (nSPS) is 10.7. The molecule has 0 fully saturated rings. The molecule has 0 radical (unpaired) electrons. The number of fused-ring (bicyclic) bond motifs is 1. The van der Waals surface area contributed by atoms with E-state index in [0.717, 1.165) is 31.8 Å². The van der Waals surface area contributed by atoms with E-state index in [0.29, 0.717) is 52.8 Å². The average Bonchev–Trinajstić information content (AvgIpc) is 3.38. The van der Waals surface area contributed by atoms with Crippen LogP contribution in [0.2, 0.25) is 0 Å². The van der Waals surface area contributed by atoms with Crippen molar-refractivity contribution in [2.24, 2.45) is 0 Å². The first kappa shape index (κ1) is 27.1. The number of unbranched alkanes of at least 4 members (excludes halogenated alkanes) is 3. The fraction of sp³-hybridized carbons (Fsp3) is 0.207. The summed E-state index contributed by atoms with van der Waals surface area (Å²) >= 11 is 0. The number of nitrogens with zero attached hydrogens (tertiary/aromatic N) is 2. The Morgan fingerprint density at radius 1 is 0.923 bits per heavy atom. The van der Waals surface area contributed by atoms with E-state index in [1.54, 1.807) is 48.5 Å².